The summed E-state index contributed by atoms with van der Waals surface area (Å²) in [4.78, 5) is 14.0. The summed E-state index contributed by atoms with van der Waals surface area (Å²) in [5, 5.41) is 0. The van der Waals surface area contributed by atoms with E-state index in [9.17, 15) is 4.79 Å². The molecule has 3 nitrogen and oxygen atoms in total. The Hall–Kier alpha value is -0.140. The average molecular weight is 395 g/mol. The van der Waals surface area contributed by atoms with Crippen LogP contribution in [0.1, 0.15) is 16.8 Å². The van der Waals surface area contributed by atoms with Crippen LogP contribution in [0, 0.1) is 3.57 Å². The minimum absolute atomic E-state index is 0.0679. The maximum atomic E-state index is 12.2. The third kappa shape index (κ3) is 2.57. The third-order valence-electron chi connectivity index (χ3n) is 2.67. The molecule has 86 valence electrons. The van der Waals surface area contributed by atoms with Crippen molar-refractivity contribution in [3.05, 3.63) is 31.8 Å². The Kier molecular flexibility index (Phi) is 3.86. The van der Waals surface area contributed by atoms with Crippen molar-refractivity contribution in [1.82, 2.24) is 4.90 Å². The van der Waals surface area contributed by atoms with Gasteiger partial charge in [0, 0.05) is 27.2 Å². The highest BCUT2D eigenvalue weighted by Gasteiger charge is 2.25. The van der Waals surface area contributed by atoms with Gasteiger partial charge in [0.25, 0.3) is 5.91 Å². The molecule has 1 fully saturated rings. The van der Waals surface area contributed by atoms with Gasteiger partial charge in [0.1, 0.15) is 0 Å². The minimum Gasteiger partial charge on any atom is -0.337 e. The Morgan fingerprint density at radius 2 is 2.31 bits per heavy atom. The molecule has 0 radical (unpaired) electrons. The predicted octanol–water partition coefficient (Wildman–Crippen LogP) is 2.23. The molecule has 2 N–H and O–H groups in total. The van der Waals surface area contributed by atoms with E-state index in [-0.39, 0.29) is 11.9 Å². The predicted molar refractivity (Wildman–Crippen MR) is 75.4 cm³/mol. The maximum absolute atomic E-state index is 12.2. The molecule has 0 saturated carbocycles. The number of halogens is 2. The van der Waals surface area contributed by atoms with Gasteiger partial charge >= 0.3 is 0 Å². The van der Waals surface area contributed by atoms with Crippen molar-refractivity contribution < 1.29 is 4.79 Å². The van der Waals surface area contributed by atoms with Gasteiger partial charge in [0.15, 0.2) is 0 Å². The quantitative estimate of drug-likeness (QED) is 0.742. The summed E-state index contributed by atoms with van der Waals surface area (Å²) in [6, 6.07) is 5.91. The Morgan fingerprint density at radius 1 is 1.56 bits per heavy atom. The van der Waals surface area contributed by atoms with E-state index in [4.69, 9.17) is 5.73 Å². The van der Waals surface area contributed by atoms with Gasteiger partial charge in [0.2, 0.25) is 0 Å². The molecule has 2 rings (SSSR count). The van der Waals surface area contributed by atoms with E-state index < -0.39 is 0 Å². The van der Waals surface area contributed by atoms with Crippen molar-refractivity contribution in [2.45, 2.75) is 12.5 Å². The van der Waals surface area contributed by atoms with Crippen molar-refractivity contribution in [3.8, 4) is 0 Å². The summed E-state index contributed by atoms with van der Waals surface area (Å²) in [7, 11) is 0. The summed E-state index contributed by atoms with van der Waals surface area (Å²) >= 11 is 5.62. The van der Waals surface area contributed by atoms with E-state index in [1.165, 1.54) is 0 Å². The number of amides is 1. The lowest BCUT2D eigenvalue weighted by Crippen LogP contribution is -2.32. The highest BCUT2D eigenvalue weighted by molar-refractivity contribution is 14.1. The van der Waals surface area contributed by atoms with Crippen LogP contribution >= 0.6 is 38.5 Å². The topological polar surface area (TPSA) is 46.3 Å². The molecule has 1 aliphatic heterocycles. The normalized spacial score (nSPS) is 20.2. The zero-order valence-corrected chi connectivity index (χ0v) is 12.4. The van der Waals surface area contributed by atoms with E-state index in [0.29, 0.717) is 6.54 Å². The SMILES string of the molecule is N[C@H]1CCN(C(=O)c2cc(I)ccc2Br)C1. The van der Waals surface area contributed by atoms with Crippen LogP contribution in [-0.2, 0) is 0 Å². The first-order valence-electron chi connectivity index (χ1n) is 5.08. The molecule has 16 heavy (non-hydrogen) atoms. The summed E-state index contributed by atoms with van der Waals surface area (Å²) in [5.74, 6) is 0.0679. The second kappa shape index (κ2) is 5.01. The molecule has 1 saturated heterocycles. The molecule has 1 atom stereocenters. The van der Waals surface area contributed by atoms with Crippen molar-refractivity contribution in [2.24, 2.45) is 5.73 Å². The summed E-state index contributed by atoms with van der Waals surface area (Å²) in [6.07, 6.45) is 0.896. The molecule has 1 heterocycles. The van der Waals surface area contributed by atoms with Crippen molar-refractivity contribution in [2.75, 3.05) is 13.1 Å². The van der Waals surface area contributed by atoms with E-state index in [1.807, 2.05) is 23.1 Å². The number of nitrogens with zero attached hydrogens (tertiary/aromatic N) is 1. The monoisotopic (exact) mass is 394 g/mol. The van der Waals surface area contributed by atoms with Gasteiger partial charge in [-0.25, -0.2) is 0 Å². The van der Waals surface area contributed by atoms with E-state index in [2.05, 4.69) is 38.5 Å². The van der Waals surface area contributed by atoms with E-state index in [1.54, 1.807) is 0 Å². The number of likely N-dealkylation sites (tertiary alicyclic amines) is 1. The molecule has 1 aromatic carbocycles. The van der Waals surface area contributed by atoms with Crippen LogP contribution in [0.3, 0.4) is 0 Å². The van der Waals surface area contributed by atoms with Gasteiger partial charge in [0.05, 0.1) is 5.56 Å². The molecule has 1 aliphatic rings. The van der Waals surface area contributed by atoms with Crippen LogP contribution in [0.25, 0.3) is 0 Å². The zero-order valence-electron chi connectivity index (χ0n) is 8.62. The van der Waals surface area contributed by atoms with Crippen LogP contribution < -0.4 is 5.73 Å². The molecule has 0 spiro atoms. The van der Waals surface area contributed by atoms with E-state index >= 15 is 0 Å². The lowest BCUT2D eigenvalue weighted by molar-refractivity contribution is 0.0790. The molecular formula is C11H12BrIN2O. The minimum atomic E-state index is 0.0679. The first kappa shape index (κ1) is 12.3. The molecule has 5 heteroatoms. The Bertz CT molecular complexity index is 424. The lowest BCUT2D eigenvalue weighted by atomic mass is 10.2. The smallest absolute Gasteiger partial charge is 0.255 e. The van der Waals surface area contributed by atoms with Crippen molar-refractivity contribution in [3.63, 3.8) is 0 Å². The van der Waals surface area contributed by atoms with Crippen LogP contribution in [0.15, 0.2) is 22.7 Å². The molecule has 0 aromatic heterocycles. The number of benzene rings is 1. The van der Waals surface area contributed by atoms with Gasteiger partial charge in [-0.1, -0.05) is 0 Å². The van der Waals surface area contributed by atoms with Crippen molar-refractivity contribution in [1.29, 1.82) is 0 Å². The van der Waals surface area contributed by atoms with Gasteiger partial charge in [-0.05, 0) is 63.1 Å². The van der Waals surface area contributed by atoms with E-state index in [0.717, 1.165) is 26.6 Å². The Morgan fingerprint density at radius 3 is 2.94 bits per heavy atom. The molecular weight excluding hydrogens is 383 g/mol. The maximum Gasteiger partial charge on any atom is 0.255 e. The number of rotatable bonds is 1. The highest BCUT2D eigenvalue weighted by atomic mass is 127. The lowest BCUT2D eigenvalue weighted by Gasteiger charge is -2.16. The molecule has 0 aliphatic carbocycles. The van der Waals surface area contributed by atoms with Crippen LogP contribution in [-0.4, -0.2) is 29.9 Å². The van der Waals surface area contributed by atoms with Gasteiger partial charge in [-0.2, -0.15) is 0 Å². The summed E-state index contributed by atoms with van der Waals surface area (Å²) in [5.41, 5.74) is 6.53. The largest absolute Gasteiger partial charge is 0.337 e. The second-order valence-corrected chi connectivity index (χ2v) is 6.02. The van der Waals surface area contributed by atoms with Gasteiger partial charge in [-0.3, -0.25) is 4.79 Å². The van der Waals surface area contributed by atoms with Gasteiger partial charge < -0.3 is 10.6 Å². The molecule has 0 unspecified atom stereocenters. The van der Waals surface area contributed by atoms with Crippen molar-refractivity contribution >= 4 is 44.4 Å². The van der Waals surface area contributed by atoms with Crippen LogP contribution in [0.5, 0.6) is 0 Å². The third-order valence-corrected chi connectivity index (χ3v) is 4.03. The number of carbonyl (C=O) groups is 1. The Balaban J connectivity index is 2.23. The number of hydrogen-bond donors (Lipinski definition) is 1. The number of carbonyl (C=O) groups excluding carboxylic acids is 1. The number of nitrogens with two attached hydrogens (primary N) is 1. The molecule has 1 amide bonds. The second-order valence-electron chi connectivity index (χ2n) is 3.92. The molecule has 0 bridgehead atoms. The fourth-order valence-corrected chi connectivity index (χ4v) is 2.71. The van der Waals surface area contributed by atoms with Crippen LogP contribution in [0.2, 0.25) is 0 Å². The summed E-state index contributed by atoms with van der Waals surface area (Å²) < 4.78 is 1.91. The number of hydrogen-bond acceptors (Lipinski definition) is 2. The van der Waals surface area contributed by atoms with Crippen LogP contribution in [0.4, 0.5) is 0 Å². The first-order chi connectivity index (χ1) is 7.58. The highest BCUT2D eigenvalue weighted by Crippen LogP contribution is 2.22. The Labute approximate surface area is 117 Å². The standard InChI is InChI=1S/C11H12BrIN2O/c12-10-2-1-7(13)5-9(10)11(16)15-4-3-8(14)6-15/h1-2,5,8H,3-4,6,14H2/t8-/m0/s1. The average Bonchev–Trinajstić information content (AvgIpc) is 2.67. The molecule has 1 aromatic rings. The first-order valence-corrected chi connectivity index (χ1v) is 6.95. The summed E-state index contributed by atoms with van der Waals surface area (Å²) in [6.45, 7) is 1.43. The fourth-order valence-electron chi connectivity index (χ4n) is 1.80. The van der Waals surface area contributed by atoms with Gasteiger partial charge in [-0.15, -0.1) is 0 Å². The zero-order chi connectivity index (χ0) is 11.7. The fraction of sp³-hybridized carbons (Fsp3) is 0.364.